The van der Waals surface area contributed by atoms with Crippen molar-refractivity contribution >= 4 is 17.8 Å². The minimum atomic E-state index is -0.465. The predicted molar refractivity (Wildman–Crippen MR) is 80.9 cm³/mol. The molecule has 0 aliphatic heterocycles. The Morgan fingerprint density at radius 3 is 2.80 bits per heavy atom. The lowest BCUT2D eigenvalue weighted by Gasteiger charge is -2.11. The van der Waals surface area contributed by atoms with Gasteiger partial charge in [0, 0.05) is 13.0 Å². The van der Waals surface area contributed by atoms with E-state index in [2.05, 4.69) is 6.92 Å². The lowest BCUT2D eigenvalue weighted by Crippen LogP contribution is -1.94. The Balaban J connectivity index is 3.06. The van der Waals surface area contributed by atoms with Crippen LogP contribution in [0.5, 0.6) is 11.5 Å². The van der Waals surface area contributed by atoms with E-state index in [4.69, 9.17) is 4.74 Å². The van der Waals surface area contributed by atoms with E-state index in [1.807, 2.05) is 0 Å². The summed E-state index contributed by atoms with van der Waals surface area (Å²) >= 11 is 1.53. The van der Waals surface area contributed by atoms with Gasteiger partial charge in [-0.2, -0.15) is 0 Å². The van der Waals surface area contributed by atoms with E-state index in [-0.39, 0.29) is 11.4 Å². The van der Waals surface area contributed by atoms with Crippen molar-refractivity contribution in [3.05, 3.63) is 33.5 Å². The zero-order valence-corrected chi connectivity index (χ0v) is 12.7. The Hall–Kier alpha value is -1.69. The van der Waals surface area contributed by atoms with Gasteiger partial charge in [-0.3, -0.25) is 10.1 Å². The van der Waals surface area contributed by atoms with Gasteiger partial charge in [-0.15, -0.1) is 11.8 Å². The molecule has 5 nitrogen and oxygen atoms in total. The van der Waals surface area contributed by atoms with Crippen molar-refractivity contribution < 1.29 is 14.8 Å². The number of phenolic OH excluding ortho intramolecular Hbond substituents is 1. The maximum atomic E-state index is 10.6. The van der Waals surface area contributed by atoms with E-state index in [0.29, 0.717) is 16.2 Å². The van der Waals surface area contributed by atoms with Gasteiger partial charge in [0.25, 0.3) is 0 Å². The quantitative estimate of drug-likeness (QED) is 0.357. The number of allylic oxidation sites excluding steroid dienone is 1. The molecular formula is C14H19NO4S. The van der Waals surface area contributed by atoms with E-state index in [9.17, 15) is 15.2 Å². The number of rotatable bonds is 7. The maximum absolute atomic E-state index is 10.6. The third kappa shape index (κ3) is 4.45. The van der Waals surface area contributed by atoms with Crippen LogP contribution in [0, 0.1) is 10.1 Å². The molecule has 6 heteroatoms. The second-order valence-corrected chi connectivity index (χ2v) is 5.42. The summed E-state index contributed by atoms with van der Waals surface area (Å²) in [5.41, 5.74) is 0.561. The van der Waals surface area contributed by atoms with Crippen LogP contribution in [-0.2, 0) is 0 Å². The van der Waals surface area contributed by atoms with Gasteiger partial charge in [0.15, 0.2) is 0 Å². The van der Waals surface area contributed by atoms with Crippen molar-refractivity contribution in [2.45, 2.75) is 31.6 Å². The summed E-state index contributed by atoms with van der Waals surface area (Å²) in [4.78, 5) is 10.8. The molecule has 110 valence electrons. The monoisotopic (exact) mass is 297 g/mol. The van der Waals surface area contributed by atoms with E-state index in [0.717, 1.165) is 18.6 Å². The number of nitro groups is 1. The van der Waals surface area contributed by atoms with Gasteiger partial charge in [0.1, 0.15) is 11.5 Å². The molecule has 0 saturated heterocycles. The summed E-state index contributed by atoms with van der Waals surface area (Å²) in [5, 5.41) is 20.7. The molecule has 0 radical (unpaired) electrons. The molecule has 1 aromatic carbocycles. The Kier molecular flexibility index (Phi) is 6.38. The molecule has 0 spiro atoms. The molecule has 1 rings (SSSR count). The van der Waals surface area contributed by atoms with Crippen molar-refractivity contribution in [2.24, 2.45) is 0 Å². The second-order valence-electron chi connectivity index (χ2n) is 4.32. The van der Waals surface area contributed by atoms with Crippen molar-refractivity contribution in [1.29, 1.82) is 0 Å². The van der Waals surface area contributed by atoms with Crippen LogP contribution in [0.15, 0.2) is 22.7 Å². The molecule has 0 aromatic heterocycles. The highest BCUT2D eigenvalue weighted by Gasteiger charge is 2.12. The highest BCUT2D eigenvalue weighted by Crippen LogP contribution is 2.39. The fourth-order valence-electron chi connectivity index (χ4n) is 1.60. The van der Waals surface area contributed by atoms with Gasteiger partial charge in [0.2, 0.25) is 5.70 Å². The third-order valence-corrected chi connectivity index (χ3v) is 3.88. The zero-order chi connectivity index (χ0) is 15.1. The molecule has 0 saturated carbocycles. The molecule has 0 fully saturated rings. The molecule has 0 atom stereocenters. The van der Waals surface area contributed by atoms with Crippen molar-refractivity contribution in [1.82, 2.24) is 0 Å². The van der Waals surface area contributed by atoms with Crippen LogP contribution < -0.4 is 4.74 Å². The van der Waals surface area contributed by atoms with Gasteiger partial charge in [-0.05, 0) is 29.9 Å². The zero-order valence-electron chi connectivity index (χ0n) is 11.9. The minimum Gasteiger partial charge on any atom is -0.507 e. The molecule has 0 amide bonds. The van der Waals surface area contributed by atoms with E-state index >= 15 is 0 Å². The van der Waals surface area contributed by atoms with E-state index in [1.165, 1.54) is 37.9 Å². The Morgan fingerprint density at radius 1 is 1.55 bits per heavy atom. The normalized spacial score (nSPS) is 11.4. The van der Waals surface area contributed by atoms with Crippen LogP contribution in [0.2, 0.25) is 0 Å². The van der Waals surface area contributed by atoms with Crippen LogP contribution >= 0.6 is 11.8 Å². The molecule has 1 aromatic rings. The Labute approximate surface area is 122 Å². The fourth-order valence-corrected chi connectivity index (χ4v) is 2.73. The van der Waals surface area contributed by atoms with Gasteiger partial charge in [0.05, 0.1) is 16.9 Å². The average molecular weight is 297 g/mol. The lowest BCUT2D eigenvalue weighted by atomic mass is 10.1. The van der Waals surface area contributed by atoms with Crippen molar-refractivity contribution in [2.75, 3.05) is 12.9 Å². The number of nitrogens with zero attached hydrogens (tertiary/aromatic N) is 1. The third-order valence-electron chi connectivity index (χ3n) is 2.69. The average Bonchev–Trinajstić information content (AvgIpc) is 2.40. The highest BCUT2D eigenvalue weighted by atomic mass is 32.2. The maximum Gasteiger partial charge on any atom is 0.243 e. The topological polar surface area (TPSA) is 72.6 Å². The summed E-state index contributed by atoms with van der Waals surface area (Å²) in [5.74, 6) is 1.52. The lowest BCUT2D eigenvalue weighted by molar-refractivity contribution is -0.422. The van der Waals surface area contributed by atoms with E-state index < -0.39 is 4.92 Å². The molecular weight excluding hydrogens is 278 g/mol. The number of phenols is 1. The number of unbranched alkanes of at least 4 members (excludes halogenated alkanes) is 1. The van der Waals surface area contributed by atoms with Gasteiger partial charge < -0.3 is 9.84 Å². The summed E-state index contributed by atoms with van der Waals surface area (Å²) in [6.07, 6.45) is 3.54. The molecule has 0 aliphatic carbocycles. The van der Waals surface area contributed by atoms with Gasteiger partial charge in [-0.25, -0.2) is 0 Å². The highest BCUT2D eigenvalue weighted by molar-refractivity contribution is 7.99. The van der Waals surface area contributed by atoms with Crippen molar-refractivity contribution in [3.8, 4) is 11.5 Å². The Bertz CT molecular complexity index is 514. The van der Waals surface area contributed by atoms with Gasteiger partial charge >= 0.3 is 0 Å². The molecule has 0 aliphatic rings. The predicted octanol–water partition coefficient (Wildman–Crippen LogP) is 3.93. The number of hydrogen-bond acceptors (Lipinski definition) is 5. The largest absolute Gasteiger partial charge is 0.507 e. The number of benzene rings is 1. The summed E-state index contributed by atoms with van der Waals surface area (Å²) in [7, 11) is 1.52. The minimum absolute atomic E-state index is 0.0119. The molecule has 1 N–H and O–H groups in total. The summed E-state index contributed by atoms with van der Waals surface area (Å²) in [6, 6.07) is 3.21. The molecule has 0 bridgehead atoms. The molecule has 0 unspecified atom stereocenters. The SMILES string of the molecule is CCCCSc1c(O)cc(/C=C(\C)[N+](=O)[O-])cc1OC. The van der Waals surface area contributed by atoms with Crippen LogP contribution in [0.3, 0.4) is 0 Å². The van der Waals surface area contributed by atoms with E-state index in [1.54, 1.807) is 6.07 Å². The first-order valence-electron chi connectivity index (χ1n) is 6.36. The summed E-state index contributed by atoms with van der Waals surface area (Å²) in [6.45, 7) is 3.51. The smallest absolute Gasteiger partial charge is 0.243 e. The first kappa shape index (κ1) is 16.4. The van der Waals surface area contributed by atoms with Crippen molar-refractivity contribution in [3.63, 3.8) is 0 Å². The Morgan fingerprint density at radius 2 is 2.25 bits per heavy atom. The fraction of sp³-hybridized carbons (Fsp3) is 0.429. The number of thioether (sulfide) groups is 1. The standard InChI is InChI=1S/C14H19NO4S/c1-4-5-6-20-14-12(16)8-11(9-13(14)19-3)7-10(2)15(17)18/h7-9,16H,4-6H2,1-3H3/b10-7+. The van der Waals surface area contributed by atoms with Crippen LogP contribution in [0.4, 0.5) is 0 Å². The van der Waals surface area contributed by atoms with Crippen LogP contribution in [0.25, 0.3) is 6.08 Å². The second kappa shape index (κ2) is 7.79. The van der Waals surface area contributed by atoms with Crippen LogP contribution in [0.1, 0.15) is 32.3 Å². The number of hydrogen-bond donors (Lipinski definition) is 1. The molecule has 20 heavy (non-hydrogen) atoms. The molecule has 0 heterocycles. The number of methoxy groups -OCH3 is 1. The number of aromatic hydroxyl groups is 1. The van der Waals surface area contributed by atoms with Crippen LogP contribution in [-0.4, -0.2) is 22.9 Å². The first-order chi connectivity index (χ1) is 9.49. The van der Waals surface area contributed by atoms with Gasteiger partial charge in [-0.1, -0.05) is 13.3 Å². The summed E-state index contributed by atoms with van der Waals surface area (Å²) < 4.78 is 5.26. The number of ether oxygens (including phenoxy) is 1. The first-order valence-corrected chi connectivity index (χ1v) is 7.34.